The molecule has 1 amide bonds. The highest BCUT2D eigenvalue weighted by molar-refractivity contribution is 7.13. The lowest BCUT2D eigenvalue weighted by Crippen LogP contribution is -2.09. The van der Waals surface area contributed by atoms with Gasteiger partial charge in [-0.05, 0) is 35.7 Å². The van der Waals surface area contributed by atoms with Crippen molar-refractivity contribution in [3.63, 3.8) is 0 Å². The van der Waals surface area contributed by atoms with Gasteiger partial charge in [-0.1, -0.05) is 25.1 Å². The van der Waals surface area contributed by atoms with Crippen LogP contribution in [0.3, 0.4) is 0 Å². The summed E-state index contributed by atoms with van der Waals surface area (Å²) in [4.78, 5) is 25.4. The second kappa shape index (κ2) is 8.24. The number of aromatic amines is 2. The number of hydrogen-bond acceptors (Lipinski definition) is 5. The molecule has 5 aromatic heterocycles. The van der Waals surface area contributed by atoms with Crippen LogP contribution >= 0.6 is 11.3 Å². The van der Waals surface area contributed by atoms with Gasteiger partial charge in [-0.15, -0.1) is 11.3 Å². The Morgan fingerprint density at radius 1 is 1.03 bits per heavy atom. The Balaban J connectivity index is 1.43. The van der Waals surface area contributed by atoms with Crippen molar-refractivity contribution in [1.82, 2.24) is 25.1 Å². The molecule has 0 fully saturated rings. The molecule has 3 N–H and O–H groups in total. The van der Waals surface area contributed by atoms with Crippen molar-refractivity contribution in [2.75, 3.05) is 5.32 Å². The van der Waals surface area contributed by atoms with Crippen LogP contribution in [0, 0.1) is 0 Å². The normalized spacial score (nSPS) is 11.3. The summed E-state index contributed by atoms with van der Waals surface area (Å²) >= 11 is 1.73. The molecule has 0 unspecified atom stereocenters. The molecule has 7 nitrogen and oxygen atoms in total. The standard InChI is InChI=1S/C26H20N6OS/c1-2-25(33)29-16-9-15(12-27-13-16)21-11-19-23(14-28-21)31-32-26(19)22-10-18-17(24-7-4-8-34-24)5-3-6-20(18)30-22/h3-14,30H,2H2,1H3,(H,29,33)(H,31,32). The summed E-state index contributed by atoms with van der Waals surface area (Å²) in [5, 5.41) is 14.7. The maximum atomic E-state index is 11.8. The predicted octanol–water partition coefficient (Wildman–Crippen LogP) is 6.25. The minimum atomic E-state index is -0.0554. The van der Waals surface area contributed by atoms with Crippen molar-refractivity contribution in [3.05, 3.63) is 72.5 Å². The summed E-state index contributed by atoms with van der Waals surface area (Å²) < 4.78 is 0. The molecule has 0 aliphatic carbocycles. The Kier molecular flexibility index (Phi) is 4.92. The fourth-order valence-electron chi connectivity index (χ4n) is 4.11. The maximum Gasteiger partial charge on any atom is 0.224 e. The molecular weight excluding hydrogens is 444 g/mol. The number of pyridine rings is 2. The van der Waals surface area contributed by atoms with Gasteiger partial charge in [0, 0.05) is 44.9 Å². The van der Waals surface area contributed by atoms with Gasteiger partial charge < -0.3 is 10.3 Å². The zero-order valence-corrected chi connectivity index (χ0v) is 19.1. The molecule has 8 heteroatoms. The van der Waals surface area contributed by atoms with Crippen LogP contribution in [0.5, 0.6) is 0 Å². The summed E-state index contributed by atoms with van der Waals surface area (Å²) in [7, 11) is 0. The minimum absolute atomic E-state index is 0.0554. The zero-order valence-electron chi connectivity index (χ0n) is 18.3. The molecule has 6 aromatic rings. The lowest BCUT2D eigenvalue weighted by molar-refractivity contribution is -0.115. The van der Waals surface area contributed by atoms with E-state index in [9.17, 15) is 4.79 Å². The maximum absolute atomic E-state index is 11.8. The lowest BCUT2D eigenvalue weighted by atomic mass is 10.1. The Bertz CT molecular complexity index is 1650. The zero-order chi connectivity index (χ0) is 23.1. The Hall–Kier alpha value is -4.30. The van der Waals surface area contributed by atoms with Crippen molar-refractivity contribution >= 4 is 44.7 Å². The van der Waals surface area contributed by atoms with E-state index in [1.807, 2.05) is 19.1 Å². The smallest absolute Gasteiger partial charge is 0.224 e. The molecular formula is C26H20N6OS. The van der Waals surface area contributed by atoms with Crippen molar-refractivity contribution in [2.45, 2.75) is 13.3 Å². The SMILES string of the molecule is CCC(=O)Nc1cncc(-c2cc3c(-c4cc5c(-c6cccs6)cccc5[nH]4)n[nH]c3cn2)c1. The van der Waals surface area contributed by atoms with Crippen LogP contribution in [0.1, 0.15) is 13.3 Å². The number of amides is 1. The van der Waals surface area contributed by atoms with E-state index in [1.54, 1.807) is 29.9 Å². The second-order valence-corrected chi connectivity index (χ2v) is 8.93. The fraction of sp³-hybridized carbons (Fsp3) is 0.0769. The number of aromatic nitrogens is 5. The van der Waals surface area contributed by atoms with Gasteiger partial charge in [0.25, 0.3) is 0 Å². The molecule has 34 heavy (non-hydrogen) atoms. The molecule has 0 aliphatic rings. The number of nitrogens with one attached hydrogen (secondary N) is 3. The first-order chi connectivity index (χ1) is 16.7. The molecule has 0 saturated heterocycles. The van der Waals surface area contributed by atoms with Crippen LogP contribution in [0.25, 0.3) is 54.9 Å². The first-order valence-electron chi connectivity index (χ1n) is 10.9. The van der Waals surface area contributed by atoms with E-state index in [4.69, 9.17) is 0 Å². The molecule has 0 radical (unpaired) electrons. The third-order valence-corrected chi connectivity index (χ3v) is 6.70. The minimum Gasteiger partial charge on any atom is -0.353 e. The van der Waals surface area contributed by atoms with E-state index in [0.717, 1.165) is 44.5 Å². The van der Waals surface area contributed by atoms with Gasteiger partial charge in [-0.25, -0.2) is 0 Å². The number of anilines is 1. The fourth-order valence-corrected chi connectivity index (χ4v) is 4.87. The summed E-state index contributed by atoms with van der Waals surface area (Å²) in [5.74, 6) is -0.0554. The second-order valence-electron chi connectivity index (χ2n) is 7.98. The van der Waals surface area contributed by atoms with Crippen molar-refractivity contribution in [3.8, 4) is 33.1 Å². The van der Waals surface area contributed by atoms with Crippen molar-refractivity contribution < 1.29 is 4.79 Å². The number of H-pyrrole nitrogens is 2. The molecule has 0 spiro atoms. The molecule has 6 rings (SSSR count). The van der Waals surface area contributed by atoms with E-state index in [0.29, 0.717) is 12.1 Å². The quantitative estimate of drug-likeness (QED) is 0.281. The first kappa shape index (κ1) is 20.3. The highest BCUT2D eigenvalue weighted by atomic mass is 32.1. The van der Waals surface area contributed by atoms with E-state index >= 15 is 0 Å². The molecule has 0 bridgehead atoms. The van der Waals surface area contributed by atoms with Crippen LogP contribution in [-0.4, -0.2) is 31.1 Å². The van der Waals surface area contributed by atoms with Crippen molar-refractivity contribution in [1.29, 1.82) is 0 Å². The van der Waals surface area contributed by atoms with Gasteiger partial charge in [0.05, 0.1) is 35.0 Å². The van der Waals surface area contributed by atoms with E-state index < -0.39 is 0 Å². The molecule has 0 atom stereocenters. The van der Waals surface area contributed by atoms with Gasteiger partial charge in [0.2, 0.25) is 5.91 Å². The molecule has 166 valence electrons. The average molecular weight is 465 g/mol. The van der Waals surface area contributed by atoms with Crippen LogP contribution in [0.2, 0.25) is 0 Å². The number of carbonyl (C=O) groups excluding carboxylic acids is 1. The van der Waals surface area contributed by atoms with Gasteiger partial charge in [0.15, 0.2) is 0 Å². The molecule has 1 aromatic carbocycles. The lowest BCUT2D eigenvalue weighted by Gasteiger charge is -2.06. The summed E-state index contributed by atoms with van der Waals surface area (Å²) in [6.45, 7) is 1.82. The number of nitrogens with zero attached hydrogens (tertiary/aromatic N) is 3. The number of benzene rings is 1. The summed E-state index contributed by atoms with van der Waals surface area (Å²) in [6, 6.07) is 16.5. The van der Waals surface area contributed by atoms with E-state index in [2.05, 4.69) is 72.2 Å². The summed E-state index contributed by atoms with van der Waals surface area (Å²) in [5.41, 5.74) is 7.10. The number of carbonyl (C=O) groups is 1. The number of fused-ring (bicyclic) bond motifs is 2. The largest absolute Gasteiger partial charge is 0.353 e. The third-order valence-electron chi connectivity index (χ3n) is 5.79. The highest BCUT2D eigenvalue weighted by Crippen LogP contribution is 2.36. The van der Waals surface area contributed by atoms with Gasteiger partial charge in [0.1, 0.15) is 5.69 Å². The predicted molar refractivity (Wildman–Crippen MR) is 137 cm³/mol. The van der Waals surface area contributed by atoms with Gasteiger partial charge in [-0.2, -0.15) is 5.10 Å². The van der Waals surface area contributed by atoms with Crippen LogP contribution in [0.4, 0.5) is 5.69 Å². The van der Waals surface area contributed by atoms with E-state index in [-0.39, 0.29) is 5.91 Å². The average Bonchev–Trinajstić information content (AvgIpc) is 3.62. The molecule has 0 saturated carbocycles. The van der Waals surface area contributed by atoms with Gasteiger partial charge in [-0.3, -0.25) is 19.9 Å². The topological polar surface area (TPSA) is 99.4 Å². The Morgan fingerprint density at radius 2 is 1.97 bits per heavy atom. The van der Waals surface area contributed by atoms with Crippen LogP contribution < -0.4 is 5.32 Å². The number of rotatable bonds is 5. The van der Waals surface area contributed by atoms with Gasteiger partial charge >= 0.3 is 0 Å². The van der Waals surface area contributed by atoms with Crippen LogP contribution in [-0.2, 0) is 4.79 Å². The number of thiophene rings is 1. The van der Waals surface area contributed by atoms with E-state index in [1.165, 1.54) is 10.4 Å². The number of hydrogen-bond donors (Lipinski definition) is 3. The Labute approximate surface area is 198 Å². The van der Waals surface area contributed by atoms with Crippen LogP contribution in [0.15, 0.2) is 72.5 Å². The first-order valence-corrected chi connectivity index (χ1v) is 11.8. The summed E-state index contributed by atoms with van der Waals surface area (Å²) in [6.07, 6.45) is 5.56. The highest BCUT2D eigenvalue weighted by Gasteiger charge is 2.15. The Morgan fingerprint density at radius 3 is 2.82 bits per heavy atom. The monoisotopic (exact) mass is 464 g/mol. The van der Waals surface area contributed by atoms with Crippen molar-refractivity contribution in [2.24, 2.45) is 0 Å². The molecule has 5 heterocycles. The third kappa shape index (κ3) is 3.54. The molecule has 0 aliphatic heterocycles.